The average molecular weight is 570 g/mol. The number of hydrogen-bond donors (Lipinski definition) is 1. The van der Waals surface area contributed by atoms with E-state index in [1.54, 1.807) is 11.0 Å². The van der Waals surface area contributed by atoms with Crippen molar-refractivity contribution in [3.05, 3.63) is 25.3 Å². The summed E-state index contributed by atoms with van der Waals surface area (Å²) < 4.78 is 11.9. The molecule has 3 saturated heterocycles. The van der Waals surface area contributed by atoms with E-state index >= 15 is 0 Å². The Bertz CT molecular complexity index is 865. The van der Waals surface area contributed by atoms with Crippen molar-refractivity contribution in [1.29, 1.82) is 0 Å². The normalized spacial score (nSPS) is 32.4. The number of carbonyl (C=O) groups excluding carboxylic acids is 3. The van der Waals surface area contributed by atoms with Crippen LogP contribution in [0.15, 0.2) is 25.3 Å². The first-order chi connectivity index (χ1) is 17.1. The van der Waals surface area contributed by atoms with Crippen molar-refractivity contribution in [2.24, 2.45) is 17.8 Å². The van der Waals surface area contributed by atoms with E-state index in [4.69, 9.17) is 9.47 Å². The number of halogens is 1. The minimum atomic E-state index is -1.18. The second-order valence-corrected chi connectivity index (χ2v) is 11.9. The van der Waals surface area contributed by atoms with Crippen LogP contribution >= 0.6 is 15.9 Å². The number of fused-ring (bicyclic) bond motifs is 1. The molecule has 202 valence electrons. The fourth-order valence-corrected chi connectivity index (χ4v) is 7.37. The van der Waals surface area contributed by atoms with Crippen molar-refractivity contribution in [2.75, 3.05) is 19.8 Å². The predicted octanol–water partition coefficient (Wildman–Crippen LogP) is 3.07. The van der Waals surface area contributed by atoms with Crippen LogP contribution in [0.2, 0.25) is 0 Å². The quantitative estimate of drug-likeness (QED) is 0.208. The standard InChI is InChI=1S/C27H41BrN2O6/c1-7-10-17(6)29(11-8-2)25(33)23-27-14-19(28)22(36-27)20(26(34)35-12-9-3)21(27)24(32)30(23)18(15-31)13-16(4)5/h8-9,16-23,31H,2-3,7,10-15H2,1,4-6H3/t17?,18-,19?,20-,21+,22-,23?,27?/m1/s1. The molecular weight excluding hydrogens is 528 g/mol. The summed E-state index contributed by atoms with van der Waals surface area (Å²) in [6.07, 6.45) is 5.22. The Hall–Kier alpha value is -1.71. The molecule has 2 amide bonds. The second kappa shape index (κ2) is 11.8. The third kappa shape index (κ3) is 4.90. The molecule has 8 atom stereocenters. The fourth-order valence-electron chi connectivity index (χ4n) is 6.42. The molecule has 9 heteroatoms. The van der Waals surface area contributed by atoms with Gasteiger partial charge in [-0.15, -0.1) is 6.58 Å². The van der Waals surface area contributed by atoms with Crippen LogP contribution in [-0.2, 0) is 23.9 Å². The third-order valence-electron chi connectivity index (χ3n) is 7.77. The fraction of sp³-hybridized carbons (Fsp3) is 0.741. The number of aliphatic hydroxyl groups is 1. The molecule has 0 aromatic heterocycles. The molecule has 2 bridgehead atoms. The SMILES string of the molecule is C=CCOC(=O)[C@H]1[C@@H]2OC3(CC2Br)C(C(=O)N(CC=C)C(C)CCC)N([C@@H](CO)CC(C)C)C(=O)[C@H]13. The van der Waals surface area contributed by atoms with Crippen molar-refractivity contribution in [1.82, 2.24) is 9.80 Å². The summed E-state index contributed by atoms with van der Waals surface area (Å²) in [5, 5.41) is 10.4. The number of rotatable bonds is 13. The molecule has 3 rings (SSSR count). The Morgan fingerprint density at radius 3 is 2.58 bits per heavy atom. The zero-order chi connectivity index (χ0) is 26.8. The van der Waals surface area contributed by atoms with Crippen LogP contribution in [0.3, 0.4) is 0 Å². The molecule has 8 nitrogen and oxygen atoms in total. The van der Waals surface area contributed by atoms with Gasteiger partial charge < -0.3 is 24.4 Å². The number of carbonyl (C=O) groups is 3. The molecule has 4 unspecified atom stereocenters. The summed E-state index contributed by atoms with van der Waals surface area (Å²) in [7, 11) is 0. The van der Waals surface area contributed by atoms with E-state index in [9.17, 15) is 19.5 Å². The minimum Gasteiger partial charge on any atom is -0.461 e. The first-order valence-corrected chi connectivity index (χ1v) is 13.9. The maximum Gasteiger partial charge on any atom is 0.312 e. The molecule has 36 heavy (non-hydrogen) atoms. The van der Waals surface area contributed by atoms with Crippen LogP contribution in [0, 0.1) is 17.8 Å². The van der Waals surface area contributed by atoms with Gasteiger partial charge in [0.2, 0.25) is 11.8 Å². The van der Waals surface area contributed by atoms with Crippen LogP contribution in [0.5, 0.6) is 0 Å². The highest BCUT2D eigenvalue weighted by Gasteiger charge is 2.77. The van der Waals surface area contributed by atoms with Crippen molar-refractivity contribution >= 4 is 33.7 Å². The predicted molar refractivity (Wildman–Crippen MR) is 140 cm³/mol. The second-order valence-electron chi connectivity index (χ2n) is 10.7. The minimum absolute atomic E-state index is 0.0310. The largest absolute Gasteiger partial charge is 0.461 e. The Morgan fingerprint density at radius 2 is 2.03 bits per heavy atom. The van der Waals surface area contributed by atoms with Crippen molar-refractivity contribution < 1.29 is 29.0 Å². The van der Waals surface area contributed by atoms with Gasteiger partial charge >= 0.3 is 5.97 Å². The lowest BCUT2D eigenvalue weighted by atomic mass is 9.70. The lowest BCUT2D eigenvalue weighted by Crippen LogP contribution is -2.60. The molecule has 0 aromatic rings. The molecule has 0 radical (unpaired) electrons. The highest BCUT2D eigenvalue weighted by molar-refractivity contribution is 9.09. The first-order valence-electron chi connectivity index (χ1n) is 13.0. The van der Waals surface area contributed by atoms with E-state index in [0.29, 0.717) is 19.4 Å². The van der Waals surface area contributed by atoms with Crippen LogP contribution in [0.1, 0.15) is 53.4 Å². The lowest BCUT2D eigenvalue weighted by molar-refractivity contribution is -0.156. The summed E-state index contributed by atoms with van der Waals surface area (Å²) in [5.74, 6) is -2.58. The van der Waals surface area contributed by atoms with Gasteiger partial charge in [-0.25, -0.2) is 0 Å². The Balaban J connectivity index is 2.12. The summed E-state index contributed by atoms with van der Waals surface area (Å²) >= 11 is 3.66. The number of aliphatic hydroxyl groups excluding tert-OH is 1. The van der Waals surface area contributed by atoms with Gasteiger partial charge in [-0.1, -0.05) is 61.9 Å². The zero-order valence-corrected chi connectivity index (χ0v) is 23.5. The number of alkyl halides is 1. The highest BCUT2D eigenvalue weighted by atomic mass is 79.9. The third-order valence-corrected chi connectivity index (χ3v) is 8.62. The number of esters is 1. The summed E-state index contributed by atoms with van der Waals surface area (Å²) in [4.78, 5) is 44.8. The van der Waals surface area contributed by atoms with Crippen LogP contribution < -0.4 is 0 Å². The molecule has 0 saturated carbocycles. The van der Waals surface area contributed by atoms with Gasteiger partial charge in [0, 0.05) is 17.4 Å². The Morgan fingerprint density at radius 1 is 1.33 bits per heavy atom. The zero-order valence-electron chi connectivity index (χ0n) is 21.9. The summed E-state index contributed by atoms with van der Waals surface area (Å²) in [6, 6.07) is -1.59. The number of ether oxygens (including phenoxy) is 2. The van der Waals surface area contributed by atoms with E-state index in [0.717, 1.165) is 12.8 Å². The van der Waals surface area contributed by atoms with E-state index < -0.39 is 41.6 Å². The van der Waals surface area contributed by atoms with Gasteiger partial charge in [-0.05, 0) is 32.1 Å². The smallest absolute Gasteiger partial charge is 0.312 e. The van der Waals surface area contributed by atoms with Gasteiger partial charge in [-0.3, -0.25) is 14.4 Å². The van der Waals surface area contributed by atoms with E-state index in [2.05, 4.69) is 36.0 Å². The Labute approximate surface area is 223 Å². The van der Waals surface area contributed by atoms with Crippen molar-refractivity contribution in [2.45, 2.75) is 88.0 Å². The monoisotopic (exact) mass is 568 g/mol. The highest BCUT2D eigenvalue weighted by Crippen LogP contribution is 2.61. The first kappa shape index (κ1) is 28.9. The molecule has 3 aliphatic heterocycles. The molecular formula is C27H41BrN2O6. The van der Waals surface area contributed by atoms with Gasteiger partial charge in [0.15, 0.2) is 0 Å². The summed E-state index contributed by atoms with van der Waals surface area (Å²) in [5.41, 5.74) is -1.18. The van der Waals surface area contributed by atoms with E-state index in [1.165, 1.54) is 11.0 Å². The molecule has 0 aromatic carbocycles. The van der Waals surface area contributed by atoms with Gasteiger partial charge in [0.05, 0.1) is 30.6 Å². The van der Waals surface area contributed by atoms with Crippen LogP contribution in [-0.4, -0.2) is 87.1 Å². The number of likely N-dealkylation sites (tertiary alicyclic amines) is 1. The number of hydrogen-bond acceptors (Lipinski definition) is 6. The molecule has 0 aliphatic carbocycles. The summed E-state index contributed by atoms with van der Waals surface area (Å²) in [6.45, 7) is 15.6. The average Bonchev–Trinajstić information content (AvgIpc) is 3.42. The molecule has 1 spiro atoms. The molecule has 3 fully saturated rings. The van der Waals surface area contributed by atoms with Gasteiger partial charge in [0.1, 0.15) is 18.2 Å². The molecule has 1 N–H and O–H groups in total. The molecule has 3 heterocycles. The molecule has 3 aliphatic rings. The van der Waals surface area contributed by atoms with Crippen molar-refractivity contribution in [3.8, 4) is 0 Å². The number of nitrogens with zero attached hydrogens (tertiary/aromatic N) is 2. The van der Waals surface area contributed by atoms with Gasteiger partial charge in [0.25, 0.3) is 0 Å². The van der Waals surface area contributed by atoms with Crippen LogP contribution in [0.4, 0.5) is 0 Å². The number of amides is 2. The topological polar surface area (TPSA) is 96.4 Å². The van der Waals surface area contributed by atoms with Crippen molar-refractivity contribution in [3.63, 3.8) is 0 Å². The van der Waals surface area contributed by atoms with Gasteiger partial charge in [-0.2, -0.15) is 0 Å². The maximum absolute atomic E-state index is 14.4. The van der Waals surface area contributed by atoms with E-state index in [1.807, 2.05) is 20.8 Å². The van der Waals surface area contributed by atoms with Crippen LogP contribution in [0.25, 0.3) is 0 Å². The van der Waals surface area contributed by atoms with E-state index in [-0.39, 0.29) is 41.8 Å². The lowest BCUT2D eigenvalue weighted by Gasteiger charge is -2.41. The Kier molecular flexibility index (Phi) is 9.44. The maximum atomic E-state index is 14.4.